The van der Waals surface area contributed by atoms with Crippen LogP contribution < -0.4 is 4.74 Å². The van der Waals surface area contributed by atoms with Crippen LogP contribution in [0.2, 0.25) is 0 Å². The molecule has 0 saturated heterocycles. The van der Waals surface area contributed by atoms with Gasteiger partial charge in [-0.3, -0.25) is 0 Å². The van der Waals surface area contributed by atoms with Crippen molar-refractivity contribution >= 4 is 39.5 Å². The fourth-order valence-corrected chi connectivity index (χ4v) is 3.70. The molecule has 0 aliphatic carbocycles. The number of fused-ring (bicyclic) bond motifs is 2. The third-order valence-electron chi connectivity index (χ3n) is 3.83. The van der Waals surface area contributed by atoms with Gasteiger partial charge in [0.05, 0.1) is 10.3 Å². The molecular weight excluding hydrogens is 336 g/mol. The normalized spacial score (nSPS) is 11.0. The summed E-state index contributed by atoms with van der Waals surface area (Å²) < 4.78 is 11.0. The SMILES string of the molecule is O=C(O)COc1cccc2occ(Sc3ccc4ccccc4c3)c12. The number of carboxylic acid groups (broad SMARTS) is 1. The van der Waals surface area contributed by atoms with Crippen molar-refractivity contribution in [2.45, 2.75) is 9.79 Å². The number of hydrogen-bond acceptors (Lipinski definition) is 4. The van der Waals surface area contributed by atoms with Crippen LogP contribution in [-0.2, 0) is 4.79 Å². The third kappa shape index (κ3) is 3.19. The van der Waals surface area contributed by atoms with Crippen LogP contribution >= 0.6 is 11.8 Å². The van der Waals surface area contributed by atoms with Gasteiger partial charge >= 0.3 is 5.97 Å². The molecule has 0 fully saturated rings. The van der Waals surface area contributed by atoms with Gasteiger partial charge in [0.1, 0.15) is 17.6 Å². The lowest BCUT2D eigenvalue weighted by Crippen LogP contribution is -2.09. The van der Waals surface area contributed by atoms with Gasteiger partial charge in [-0.2, -0.15) is 0 Å². The summed E-state index contributed by atoms with van der Waals surface area (Å²) in [6, 6.07) is 19.8. The first-order valence-electron chi connectivity index (χ1n) is 7.72. The molecule has 0 aliphatic rings. The predicted octanol–water partition coefficient (Wildman–Crippen LogP) is 5.20. The Bertz CT molecular complexity index is 1070. The van der Waals surface area contributed by atoms with Crippen LogP contribution in [0.5, 0.6) is 5.75 Å². The molecule has 3 aromatic carbocycles. The Morgan fingerprint density at radius 3 is 2.72 bits per heavy atom. The molecule has 1 aromatic heterocycles. The molecule has 4 nitrogen and oxygen atoms in total. The van der Waals surface area contributed by atoms with E-state index in [0.29, 0.717) is 11.3 Å². The molecule has 0 radical (unpaired) electrons. The average Bonchev–Trinajstić information content (AvgIpc) is 3.03. The van der Waals surface area contributed by atoms with E-state index in [1.165, 1.54) is 10.8 Å². The van der Waals surface area contributed by atoms with E-state index in [1.807, 2.05) is 18.2 Å². The number of aliphatic carboxylic acids is 1. The lowest BCUT2D eigenvalue weighted by molar-refractivity contribution is -0.139. The summed E-state index contributed by atoms with van der Waals surface area (Å²) in [6.07, 6.45) is 1.68. The zero-order valence-corrected chi connectivity index (χ0v) is 14.0. The minimum atomic E-state index is -1.01. The second-order valence-electron chi connectivity index (χ2n) is 5.52. The molecule has 25 heavy (non-hydrogen) atoms. The molecule has 0 amide bonds. The van der Waals surface area contributed by atoms with Gasteiger partial charge in [-0.1, -0.05) is 48.2 Å². The van der Waals surface area contributed by atoms with Gasteiger partial charge < -0.3 is 14.3 Å². The van der Waals surface area contributed by atoms with Crippen molar-refractivity contribution in [3.05, 3.63) is 66.9 Å². The number of carboxylic acids is 1. The van der Waals surface area contributed by atoms with Crippen molar-refractivity contribution in [3.8, 4) is 5.75 Å². The van der Waals surface area contributed by atoms with Gasteiger partial charge in [0.2, 0.25) is 0 Å². The van der Waals surface area contributed by atoms with Crippen molar-refractivity contribution in [1.82, 2.24) is 0 Å². The minimum Gasteiger partial charge on any atom is -0.481 e. The van der Waals surface area contributed by atoms with Crippen LogP contribution in [0.4, 0.5) is 0 Å². The molecule has 124 valence electrons. The maximum Gasteiger partial charge on any atom is 0.341 e. The van der Waals surface area contributed by atoms with Gasteiger partial charge in [-0.15, -0.1) is 0 Å². The molecule has 0 unspecified atom stereocenters. The molecule has 0 bridgehead atoms. The predicted molar refractivity (Wildman–Crippen MR) is 97.4 cm³/mol. The summed E-state index contributed by atoms with van der Waals surface area (Å²) in [5.41, 5.74) is 0.672. The van der Waals surface area contributed by atoms with Crippen LogP contribution in [0.3, 0.4) is 0 Å². The summed E-state index contributed by atoms with van der Waals surface area (Å²) in [7, 11) is 0. The zero-order valence-electron chi connectivity index (χ0n) is 13.1. The molecule has 0 atom stereocenters. The highest BCUT2D eigenvalue weighted by Crippen LogP contribution is 2.40. The summed E-state index contributed by atoms with van der Waals surface area (Å²) >= 11 is 1.57. The summed E-state index contributed by atoms with van der Waals surface area (Å²) in [6.45, 7) is -0.385. The zero-order chi connectivity index (χ0) is 17.2. The number of carbonyl (C=O) groups is 1. The number of rotatable bonds is 5. The lowest BCUT2D eigenvalue weighted by atomic mass is 10.1. The van der Waals surface area contributed by atoms with Crippen LogP contribution in [0.25, 0.3) is 21.7 Å². The second kappa shape index (κ2) is 6.53. The molecule has 1 heterocycles. The molecule has 0 spiro atoms. The minimum absolute atomic E-state index is 0.385. The standard InChI is InChI=1S/C20H14O4S/c21-19(22)12-24-17-7-3-6-16-20(17)18(11-23-16)25-15-9-8-13-4-1-2-5-14(13)10-15/h1-11H,12H2,(H,21,22). The van der Waals surface area contributed by atoms with E-state index in [1.54, 1.807) is 30.2 Å². The maximum absolute atomic E-state index is 10.8. The second-order valence-corrected chi connectivity index (χ2v) is 6.64. The third-order valence-corrected chi connectivity index (χ3v) is 4.84. The Balaban J connectivity index is 1.71. The number of ether oxygens (including phenoxy) is 1. The number of furan rings is 1. The van der Waals surface area contributed by atoms with E-state index in [2.05, 4.69) is 30.3 Å². The van der Waals surface area contributed by atoms with Crippen molar-refractivity contribution in [3.63, 3.8) is 0 Å². The van der Waals surface area contributed by atoms with Crippen molar-refractivity contribution in [2.24, 2.45) is 0 Å². The number of benzene rings is 3. The van der Waals surface area contributed by atoms with E-state index in [0.717, 1.165) is 15.2 Å². The van der Waals surface area contributed by atoms with E-state index in [4.69, 9.17) is 14.3 Å². The Kier molecular flexibility index (Phi) is 4.07. The van der Waals surface area contributed by atoms with E-state index >= 15 is 0 Å². The molecule has 5 heteroatoms. The van der Waals surface area contributed by atoms with Crippen molar-refractivity contribution in [1.29, 1.82) is 0 Å². The molecule has 0 saturated carbocycles. The van der Waals surface area contributed by atoms with Crippen molar-refractivity contribution in [2.75, 3.05) is 6.61 Å². The smallest absolute Gasteiger partial charge is 0.341 e. The van der Waals surface area contributed by atoms with Gasteiger partial charge in [-0.25, -0.2) is 4.79 Å². The summed E-state index contributed by atoms with van der Waals surface area (Å²) in [5.74, 6) is -0.499. The van der Waals surface area contributed by atoms with Gasteiger partial charge in [0, 0.05) is 4.90 Å². The first-order valence-corrected chi connectivity index (χ1v) is 8.54. The van der Waals surface area contributed by atoms with E-state index < -0.39 is 5.97 Å². The van der Waals surface area contributed by atoms with E-state index in [9.17, 15) is 4.79 Å². The Morgan fingerprint density at radius 1 is 1.04 bits per heavy atom. The van der Waals surface area contributed by atoms with Gasteiger partial charge in [0.15, 0.2) is 6.61 Å². The summed E-state index contributed by atoms with van der Waals surface area (Å²) in [4.78, 5) is 12.8. The molecule has 0 aliphatic heterocycles. The van der Waals surface area contributed by atoms with E-state index in [-0.39, 0.29) is 6.61 Å². The largest absolute Gasteiger partial charge is 0.481 e. The fraction of sp³-hybridized carbons (Fsp3) is 0.0500. The quantitative estimate of drug-likeness (QED) is 0.536. The van der Waals surface area contributed by atoms with Crippen LogP contribution in [0.1, 0.15) is 0 Å². The van der Waals surface area contributed by atoms with Gasteiger partial charge in [-0.05, 0) is 35.0 Å². The first kappa shape index (κ1) is 15.6. The average molecular weight is 350 g/mol. The monoisotopic (exact) mass is 350 g/mol. The van der Waals surface area contributed by atoms with Crippen molar-refractivity contribution < 1.29 is 19.1 Å². The van der Waals surface area contributed by atoms with Gasteiger partial charge in [0.25, 0.3) is 0 Å². The van der Waals surface area contributed by atoms with Crippen LogP contribution in [0.15, 0.2) is 81.1 Å². The highest BCUT2D eigenvalue weighted by Gasteiger charge is 2.14. The Morgan fingerprint density at radius 2 is 1.88 bits per heavy atom. The summed E-state index contributed by atoms with van der Waals surface area (Å²) in [5, 5.41) is 12.0. The Hall–Kier alpha value is -2.92. The molecule has 4 aromatic rings. The Labute approximate surface area is 148 Å². The highest BCUT2D eigenvalue weighted by atomic mass is 32.2. The molecule has 1 N–H and O–H groups in total. The maximum atomic E-state index is 10.8. The first-order chi connectivity index (χ1) is 12.2. The fourth-order valence-electron chi connectivity index (χ4n) is 2.72. The lowest BCUT2D eigenvalue weighted by Gasteiger charge is -2.06. The highest BCUT2D eigenvalue weighted by molar-refractivity contribution is 7.99. The molecule has 4 rings (SSSR count). The number of hydrogen-bond donors (Lipinski definition) is 1. The topological polar surface area (TPSA) is 59.7 Å². The van der Waals surface area contributed by atoms with Crippen LogP contribution in [0, 0.1) is 0 Å². The molecular formula is C20H14O4S. The van der Waals surface area contributed by atoms with Crippen LogP contribution in [-0.4, -0.2) is 17.7 Å².